The molecule has 1 amide bonds. The number of hydrogen-bond donors (Lipinski definition) is 2. The molecule has 0 radical (unpaired) electrons. The van der Waals surface area contributed by atoms with E-state index in [4.69, 9.17) is 22.1 Å². The van der Waals surface area contributed by atoms with E-state index in [-0.39, 0.29) is 10.6 Å². The molecule has 0 spiro atoms. The van der Waals surface area contributed by atoms with E-state index in [1.807, 2.05) is 0 Å². The largest absolute Gasteiger partial charge is 0.495 e. The Balaban J connectivity index is 2.23. The second kappa shape index (κ2) is 5.79. The molecule has 3 N–H and O–H groups in total. The maximum atomic E-state index is 13.6. The van der Waals surface area contributed by atoms with Gasteiger partial charge in [0.15, 0.2) is 0 Å². The lowest BCUT2D eigenvalue weighted by atomic mass is 10.2. The predicted octanol–water partition coefficient (Wildman–Crippen LogP) is 3.32. The second-order valence-corrected chi connectivity index (χ2v) is 4.47. The Labute approximate surface area is 120 Å². The first-order chi connectivity index (χ1) is 9.51. The highest BCUT2D eigenvalue weighted by Crippen LogP contribution is 2.25. The SMILES string of the molecule is COc1ccc(NC(=O)c2cc(Cl)ccc2F)cc1N. The number of nitrogens with one attached hydrogen (secondary N) is 1. The number of carbonyl (C=O) groups excluding carboxylic acids is 1. The Morgan fingerprint density at radius 2 is 2.05 bits per heavy atom. The first-order valence-corrected chi connectivity index (χ1v) is 6.09. The predicted molar refractivity (Wildman–Crippen MR) is 76.8 cm³/mol. The summed E-state index contributed by atoms with van der Waals surface area (Å²) in [5.41, 5.74) is 6.41. The van der Waals surface area contributed by atoms with Crippen molar-refractivity contribution in [3.8, 4) is 5.75 Å². The number of methoxy groups -OCH3 is 1. The number of halogens is 2. The van der Waals surface area contributed by atoms with Crippen molar-refractivity contribution in [3.63, 3.8) is 0 Å². The third kappa shape index (κ3) is 3.00. The van der Waals surface area contributed by atoms with E-state index in [1.54, 1.807) is 12.1 Å². The quantitative estimate of drug-likeness (QED) is 0.854. The molecule has 0 aromatic heterocycles. The van der Waals surface area contributed by atoms with Gasteiger partial charge in [0.25, 0.3) is 5.91 Å². The zero-order valence-corrected chi connectivity index (χ0v) is 11.4. The number of amides is 1. The maximum Gasteiger partial charge on any atom is 0.258 e. The minimum absolute atomic E-state index is 0.133. The average Bonchev–Trinajstić information content (AvgIpc) is 2.41. The van der Waals surface area contributed by atoms with E-state index in [0.29, 0.717) is 17.1 Å². The number of benzene rings is 2. The second-order valence-electron chi connectivity index (χ2n) is 4.04. The van der Waals surface area contributed by atoms with Crippen LogP contribution >= 0.6 is 11.6 Å². The van der Waals surface area contributed by atoms with Gasteiger partial charge in [0.05, 0.1) is 18.4 Å². The molecule has 104 valence electrons. The molecule has 2 rings (SSSR count). The zero-order chi connectivity index (χ0) is 14.7. The van der Waals surface area contributed by atoms with Crippen molar-refractivity contribution < 1.29 is 13.9 Å². The third-order valence-corrected chi connectivity index (χ3v) is 2.90. The first kappa shape index (κ1) is 14.1. The summed E-state index contributed by atoms with van der Waals surface area (Å²) in [6.07, 6.45) is 0. The highest BCUT2D eigenvalue weighted by atomic mass is 35.5. The van der Waals surface area contributed by atoms with Gasteiger partial charge in [-0.05, 0) is 36.4 Å². The van der Waals surface area contributed by atoms with Crippen molar-refractivity contribution in [2.24, 2.45) is 0 Å². The molecule has 20 heavy (non-hydrogen) atoms. The molecule has 2 aromatic carbocycles. The molecule has 0 fully saturated rings. The molecule has 0 bridgehead atoms. The Morgan fingerprint density at radius 1 is 1.30 bits per heavy atom. The summed E-state index contributed by atoms with van der Waals surface area (Å²) >= 11 is 5.75. The van der Waals surface area contributed by atoms with E-state index < -0.39 is 11.7 Å². The summed E-state index contributed by atoms with van der Waals surface area (Å²) in [5.74, 6) is -0.750. The van der Waals surface area contributed by atoms with Crippen molar-refractivity contribution >= 4 is 28.9 Å². The topological polar surface area (TPSA) is 64.3 Å². The van der Waals surface area contributed by atoms with Gasteiger partial charge in [0.2, 0.25) is 0 Å². The van der Waals surface area contributed by atoms with Crippen LogP contribution in [0.2, 0.25) is 5.02 Å². The fraction of sp³-hybridized carbons (Fsp3) is 0.0714. The highest BCUT2D eigenvalue weighted by molar-refractivity contribution is 6.31. The number of hydrogen-bond acceptors (Lipinski definition) is 3. The standard InChI is InChI=1S/C14H12ClFN2O2/c1-20-13-5-3-9(7-12(13)17)18-14(19)10-6-8(15)2-4-11(10)16/h2-7H,17H2,1H3,(H,18,19). The molecule has 0 heterocycles. The van der Waals surface area contributed by atoms with E-state index in [2.05, 4.69) is 5.32 Å². The number of nitrogen functional groups attached to an aromatic ring is 1. The lowest BCUT2D eigenvalue weighted by Crippen LogP contribution is -2.14. The third-order valence-electron chi connectivity index (χ3n) is 2.66. The van der Waals surface area contributed by atoms with Crippen LogP contribution in [-0.4, -0.2) is 13.0 Å². The number of carbonyl (C=O) groups is 1. The summed E-state index contributed by atoms with van der Waals surface area (Å²) in [6.45, 7) is 0. The minimum Gasteiger partial charge on any atom is -0.495 e. The Hall–Kier alpha value is -2.27. The van der Waals surface area contributed by atoms with Crippen LogP contribution in [0.4, 0.5) is 15.8 Å². The maximum absolute atomic E-state index is 13.6. The normalized spacial score (nSPS) is 10.2. The van der Waals surface area contributed by atoms with Crippen LogP contribution < -0.4 is 15.8 Å². The van der Waals surface area contributed by atoms with E-state index in [1.165, 1.54) is 25.3 Å². The van der Waals surface area contributed by atoms with Gasteiger partial charge >= 0.3 is 0 Å². The fourth-order valence-electron chi connectivity index (χ4n) is 1.68. The molecule has 0 saturated heterocycles. The summed E-state index contributed by atoms with van der Waals surface area (Å²) in [4.78, 5) is 12.0. The van der Waals surface area contributed by atoms with Crippen LogP contribution in [0.15, 0.2) is 36.4 Å². The fourth-order valence-corrected chi connectivity index (χ4v) is 1.85. The van der Waals surface area contributed by atoms with Crippen LogP contribution in [0.1, 0.15) is 10.4 Å². The summed E-state index contributed by atoms with van der Waals surface area (Å²) in [5, 5.41) is 2.83. The van der Waals surface area contributed by atoms with Gasteiger partial charge in [-0.25, -0.2) is 4.39 Å². The molecule has 0 saturated carbocycles. The van der Waals surface area contributed by atoms with Gasteiger partial charge in [0, 0.05) is 10.7 Å². The van der Waals surface area contributed by atoms with Gasteiger partial charge in [-0.2, -0.15) is 0 Å². The van der Waals surface area contributed by atoms with Crippen LogP contribution in [0.3, 0.4) is 0 Å². The van der Waals surface area contributed by atoms with Crippen LogP contribution in [0, 0.1) is 5.82 Å². The molecule has 0 aliphatic carbocycles. The molecular formula is C14H12ClFN2O2. The number of rotatable bonds is 3. The van der Waals surface area contributed by atoms with Gasteiger partial charge < -0.3 is 15.8 Å². The number of nitrogens with two attached hydrogens (primary N) is 1. The molecule has 2 aromatic rings. The highest BCUT2D eigenvalue weighted by Gasteiger charge is 2.13. The van der Waals surface area contributed by atoms with Crippen molar-refractivity contribution in [1.29, 1.82) is 0 Å². The van der Waals surface area contributed by atoms with Crippen LogP contribution in [0.5, 0.6) is 5.75 Å². The molecule has 0 aliphatic heterocycles. The summed E-state index contributed by atoms with van der Waals surface area (Å²) < 4.78 is 18.6. The van der Waals surface area contributed by atoms with Gasteiger partial charge in [0.1, 0.15) is 11.6 Å². The summed E-state index contributed by atoms with van der Waals surface area (Å²) in [7, 11) is 1.49. The van der Waals surface area contributed by atoms with E-state index in [0.717, 1.165) is 6.07 Å². The monoisotopic (exact) mass is 294 g/mol. The van der Waals surface area contributed by atoms with E-state index >= 15 is 0 Å². The Kier molecular flexibility index (Phi) is 4.10. The average molecular weight is 295 g/mol. The number of ether oxygens (including phenoxy) is 1. The van der Waals surface area contributed by atoms with Crippen LogP contribution in [0.25, 0.3) is 0 Å². The van der Waals surface area contributed by atoms with Gasteiger partial charge in [-0.1, -0.05) is 11.6 Å². The Bertz CT molecular complexity index is 662. The molecule has 6 heteroatoms. The molecule has 4 nitrogen and oxygen atoms in total. The van der Waals surface area contributed by atoms with E-state index in [9.17, 15) is 9.18 Å². The van der Waals surface area contributed by atoms with Gasteiger partial charge in [-0.3, -0.25) is 4.79 Å². The lowest BCUT2D eigenvalue weighted by molar-refractivity contribution is 0.102. The van der Waals surface area contributed by atoms with Crippen molar-refractivity contribution in [2.45, 2.75) is 0 Å². The molecule has 0 atom stereocenters. The zero-order valence-electron chi connectivity index (χ0n) is 10.6. The Morgan fingerprint density at radius 3 is 2.70 bits per heavy atom. The molecular weight excluding hydrogens is 283 g/mol. The van der Waals surface area contributed by atoms with Crippen molar-refractivity contribution in [2.75, 3.05) is 18.2 Å². The number of anilines is 2. The molecule has 0 aliphatic rings. The lowest BCUT2D eigenvalue weighted by Gasteiger charge is -2.09. The van der Waals surface area contributed by atoms with Gasteiger partial charge in [-0.15, -0.1) is 0 Å². The van der Waals surface area contributed by atoms with Crippen molar-refractivity contribution in [3.05, 3.63) is 52.8 Å². The smallest absolute Gasteiger partial charge is 0.258 e. The summed E-state index contributed by atoms with van der Waals surface area (Å²) in [6, 6.07) is 8.52. The molecule has 0 unspecified atom stereocenters. The first-order valence-electron chi connectivity index (χ1n) is 5.71. The minimum atomic E-state index is -0.645. The van der Waals surface area contributed by atoms with Crippen molar-refractivity contribution in [1.82, 2.24) is 0 Å². The van der Waals surface area contributed by atoms with Crippen LogP contribution in [-0.2, 0) is 0 Å².